The molecule has 8 heavy (non-hydrogen) atoms. The second-order valence-corrected chi connectivity index (χ2v) is 1.85. The Labute approximate surface area is 47.5 Å². The van der Waals surface area contributed by atoms with Crippen LogP contribution >= 0.6 is 0 Å². The average molecular weight is 112 g/mol. The van der Waals surface area contributed by atoms with Crippen molar-refractivity contribution in [3.63, 3.8) is 0 Å². The highest BCUT2D eigenvalue weighted by Crippen LogP contribution is 2.00. The fourth-order valence-corrected chi connectivity index (χ4v) is 0.639. The van der Waals surface area contributed by atoms with Crippen LogP contribution in [0.4, 0.5) is 0 Å². The van der Waals surface area contributed by atoms with Crippen LogP contribution in [0.5, 0.6) is 0 Å². The Balaban J connectivity index is 2.09. The summed E-state index contributed by atoms with van der Waals surface area (Å²) in [5, 5.41) is 6.53. The average Bonchev–Trinajstić information content (AvgIpc) is 1.63. The summed E-state index contributed by atoms with van der Waals surface area (Å²) < 4.78 is 0. The van der Waals surface area contributed by atoms with Crippen molar-refractivity contribution in [3.8, 4) is 0 Å². The minimum Gasteiger partial charge on any atom is -0.314 e. The third kappa shape index (κ3) is 1.12. The molecule has 1 atom stereocenters. The van der Waals surface area contributed by atoms with Gasteiger partial charge in [-0.25, -0.2) is 0 Å². The minimum absolute atomic E-state index is 0.464. The van der Waals surface area contributed by atoms with E-state index in [1.165, 1.54) is 0 Å². The summed E-state index contributed by atoms with van der Waals surface area (Å²) in [7, 11) is 0. The highest BCUT2D eigenvalue weighted by atomic mass is 15.2. The first kappa shape index (κ1) is 5.41. The van der Waals surface area contributed by atoms with Gasteiger partial charge < -0.3 is 5.32 Å². The van der Waals surface area contributed by atoms with Crippen molar-refractivity contribution in [2.24, 2.45) is 5.11 Å². The van der Waals surface area contributed by atoms with Gasteiger partial charge in [0.15, 0.2) is 0 Å². The molecule has 1 aliphatic heterocycles. The van der Waals surface area contributed by atoms with Crippen molar-refractivity contribution in [1.29, 1.82) is 0 Å². The summed E-state index contributed by atoms with van der Waals surface area (Å²) >= 11 is 0. The van der Waals surface area contributed by atoms with Gasteiger partial charge in [0, 0.05) is 17.5 Å². The number of azide groups is 1. The molecule has 0 amide bonds. The first-order valence-electron chi connectivity index (χ1n) is 2.67. The molecular weight excluding hydrogens is 104 g/mol. The van der Waals surface area contributed by atoms with E-state index in [1.807, 2.05) is 0 Å². The minimum atomic E-state index is 0.464. The van der Waals surface area contributed by atoms with Crippen LogP contribution in [-0.2, 0) is 0 Å². The molecule has 1 N–H and O–H groups in total. The van der Waals surface area contributed by atoms with E-state index >= 15 is 0 Å². The molecule has 0 saturated carbocycles. The van der Waals surface area contributed by atoms with Crippen molar-refractivity contribution in [3.05, 3.63) is 10.4 Å². The standard InChI is InChI=1S/C4H8N4/c5-8-7-3-4-1-2-6-4/h4,6H,1-3H2. The zero-order chi connectivity index (χ0) is 5.82. The van der Waals surface area contributed by atoms with Crippen LogP contribution in [0.25, 0.3) is 10.4 Å². The molecule has 1 saturated heterocycles. The molecular formula is C4H8N4. The molecule has 1 rings (SSSR count). The maximum atomic E-state index is 7.87. The highest BCUT2D eigenvalue weighted by Gasteiger charge is 2.13. The molecule has 1 unspecified atom stereocenters. The molecule has 0 aromatic carbocycles. The molecule has 1 fully saturated rings. The van der Waals surface area contributed by atoms with E-state index in [0.717, 1.165) is 13.0 Å². The van der Waals surface area contributed by atoms with E-state index in [2.05, 4.69) is 15.3 Å². The molecule has 0 aromatic heterocycles. The largest absolute Gasteiger partial charge is 0.314 e. The first-order chi connectivity index (χ1) is 3.93. The van der Waals surface area contributed by atoms with Gasteiger partial charge in [0.1, 0.15) is 0 Å². The maximum absolute atomic E-state index is 7.87. The van der Waals surface area contributed by atoms with Crippen molar-refractivity contribution in [2.45, 2.75) is 12.5 Å². The Bertz CT molecular complexity index is 111. The zero-order valence-corrected chi connectivity index (χ0v) is 4.54. The lowest BCUT2D eigenvalue weighted by Crippen LogP contribution is -2.44. The van der Waals surface area contributed by atoms with Crippen molar-refractivity contribution < 1.29 is 0 Å². The Morgan fingerprint density at radius 1 is 1.88 bits per heavy atom. The van der Waals surface area contributed by atoms with Gasteiger partial charge in [-0.3, -0.25) is 0 Å². The lowest BCUT2D eigenvalue weighted by Gasteiger charge is -2.25. The number of nitrogens with one attached hydrogen (secondary N) is 1. The van der Waals surface area contributed by atoms with Crippen LogP contribution in [0.15, 0.2) is 5.11 Å². The Morgan fingerprint density at radius 3 is 3.00 bits per heavy atom. The topological polar surface area (TPSA) is 60.8 Å². The summed E-state index contributed by atoms with van der Waals surface area (Å²) in [4.78, 5) is 2.64. The molecule has 44 valence electrons. The fourth-order valence-electron chi connectivity index (χ4n) is 0.639. The van der Waals surface area contributed by atoms with Crippen molar-refractivity contribution in [2.75, 3.05) is 13.1 Å². The second kappa shape index (κ2) is 2.55. The van der Waals surface area contributed by atoms with Gasteiger partial charge in [0.25, 0.3) is 0 Å². The van der Waals surface area contributed by atoms with Gasteiger partial charge in [-0.2, -0.15) is 0 Å². The second-order valence-electron chi connectivity index (χ2n) is 1.85. The number of hydrogen-bond acceptors (Lipinski definition) is 2. The third-order valence-electron chi connectivity index (χ3n) is 1.29. The molecule has 0 spiro atoms. The number of nitrogens with zero attached hydrogens (tertiary/aromatic N) is 3. The normalized spacial score (nSPS) is 25.8. The van der Waals surface area contributed by atoms with Gasteiger partial charge in [0.2, 0.25) is 0 Å². The van der Waals surface area contributed by atoms with Gasteiger partial charge in [-0.05, 0) is 18.5 Å². The summed E-state index contributed by atoms with van der Waals surface area (Å²) in [5.74, 6) is 0. The smallest absolute Gasteiger partial charge is 0.0412 e. The number of rotatable bonds is 2. The number of hydrogen-bond donors (Lipinski definition) is 1. The van der Waals surface area contributed by atoms with Crippen LogP contribution in [-0.4, -0.2) is 19.1 Å². The Morgan fingerprint density at radius 2 is 2.62 bits per heavy atom. The lowest BCUT2D eigenvalue weighted by molar-refractivity contribution is 0.379. The predicted molar refractivity (Wildman–Crippen MR) is 30.4 cm³/mol. The summed E-state index contributed by atoms with van der Waals surface area (Å²) in [6.45, 7) is 1.68. The lowest BCUT2D eigenvalue weighted by atomic mass is 10.1. The van der Waals surface area contributed by atoms with Crippen LogP contribution < -0.4 is 5.32 Å². The van der Waals surface area contributed by atoms with Gasteiger partial charge in [0.05, 0.1) is 0 Å². The van der Waals surface area contributed by atoms with E-state index in [0.29, 0.717) is 12.6 Å². The maximum Gasteiger partial charge on any atom is 0.0412 e. The van der Waals surface area contributed by atoms with Crippen LogP contribution in [0.2, 0.25) is 0 Å². The van der Waals surface area contributed by atoms with Crippen molar-refractivity contribution >= 4 is 0 Å². The van der Waals surface area contributed by atoms with Gasteiger partial charge >= 0.3 is 0 Å². The van der Waals surface area contributed by atoms with E-state index in [1.54, 1.807) is 0 Å². The summed E-state index contributed by atoms with van der Waals surface area (Å²) in [6.07, 6.45) is 1.15. The van der Waals surface area contributed by atoms with E-state index in [4.69, 9.17) is 5.53 Å². The molecule has 4 nitrogen and oxygen atoms in total. The summed E-state index contributed by atoms with van der Waals surface area (Å²) in [5.41, 5.74) is 7.87. The SMILES string of the molecule is [N-]=[N+]=NCC1CCN1. The van der Waals surface area contributed by atoms with Gasteiger partial charge in [-0.15, -0.1) is 0 Å². The summed E-state index contributed by atoms with van der Waals surface area (Å²) in [6, 6.07) is 0.464. The van der Waals surface area contributed by atoms with Crippen LogP contribution in [0.3, 0.4) is 0 Å². The Hall–Kier alpha value is -0.730. The zero-order valence-electron chi connectivity index (χ0n) is 4.54. The highest BCUT2D eigenvalue weighted by molar-refractivity contribution is 4.78. The molecule has 0 aliphatic carbocycles. The molecule has 1 aliphatic rings. The van der Waals surface area contributed by atoms with E-state index in [-0.39, 0.29) is 0 Å². The molecule has 0 aromatic rings. The van der Waals surface area contributed by atoms with Crippen molar-refractivity contribution in [1.82, 2.24) is 5.32 Å². The third-order valence-corrected chi connectivity index (χ3v) is 1.29. The van der Waals surface area contributed by atoms with Crippen LogP contribution in [0.1, 0.15) is 6.42 Å². The first-order valence-corrected chi connectivity index (χ1v) is 2.67. The molecule has 0 bridgehead atoms. The fraction of sp³-hybridized carbons (Fsp3) is 1.00. The quantitative estimate of drug-likeness (QED) is 0.318. The molecule has 4 heteroatoms. The predicted octanol–water partition coefficient (Wildman–Crippen LogP) is 0.659. The molecule has 1 heterocycles. The van der Waals surface area contributed by atoms with E-state index in [9.17, 15) is 0 Å². The van der Waals surface area contributed by atoms with Gasteiger partial charge in [-0.1, -0.05) is 5.11 Å². The Kier molecular flexibility index (Phi) is 1.72. The monoisotopic (exact) mass is 112 g/mol. The molecule has 0 radical (unpaired) electrons. The van der Waals surface area contributed by atoms with E-state index < -0.39 is 0 Å². The van der Waals surface area contributed by atoms with Crippen LogP contribution in [0, 0.1) is 0 Å².